The Kier molecular flexibility index (Phi) is 5.46. The van der Waals surface area contributed by atoms with E-state index in [0.29, 0.717) is 31.1 Å². The van der Waals surface area contributed by atoms with Crippen molar-refractivity contribution in [2.45, 2.75) is 32.5 Å². The van der Waals surface area contributed by atoms with Crippen LogP contribution >= 0.6 is 0 Å². The Balaban J connectivity index is 1.36. The predicted octanol–water partition coefficient (Wildman–Crippen LogP) is 2.95. The molecule has 0 N–H and O–H groups in total. The van der Waals surface area contributed by atoms with Crippen LogP contribution in [0.4, 0.5) is 0 Å². The van der Waals surface area contributed by atoms with Crippen molar-refractivity contribution >= 4 is 5.91 Å². The third-order valence-electron chi connectivity index (χ3n) is 4.91. The molecule has 0 bridgehead atoms. The molecule has 2 heterocycles. The second kappa shape index (κ2) is 8.34. The lowest BCUT2D eigenvalue weighted by atomic mass is 10.1. The summed E-state index contributed by atoms with van der Waals surface area (Å²) in [6.07, 6.45) is 2.46. The molecule has 0 aliphatic carbocycles. The van der Waals surface area contributed by atoms with E-state index in [1.165, 1.54) is 5.56 Å². The summed E-state index contributed by atoms with van der Waals surface area (Å²) in [5, 5.41) is 8.12. The Hall–Kier alpha value is -3.35. The standard InChI is InChI=1S/C22H24N4O3/c1-3-16-8-10-17(11-9-16)12-25(2)22(27)19-14-26(24-23-19)13-18-15-28-20-6-4-5-7-21(20)29-18/h4-11,14,18H,3,12-13,15H2,1-2H3/t18-/m0/s1. The van der Waals surface area contributed by atoms with Gasteiger partial charge in [-0.15, -0.1) is 5.10 Å². The molecule has 1 aliphatic heterocycles. The van der Waals surface area contributed by atoms with E-state index >= 15 is 0 Å². The van der Waals surface area contributed by atoms with E-state index in [9.17, 15) is 4.79 Å². The van der Waals surface area contributed by atoms with Crippen molar-refractivity contribution < 1.29 is 14.3 Å². The van der Waals surface area contributed by atoms with Gasteiger partial charge in [-0.05, 0) is 29.7 Å². The minimum absolute atomic E-state index is 0.165. The first-order valence-corrected chi connectivity index (χ1v) is 9.74. The molecule has 1 amide bonds. The molecule has 0 saturated heterocycles. The monoisotopic (exact) mass is 392 g/mol. The van der Waals surface area contributed by atoms with E-state index in [1.54, 1.807) is 22.8 Å². The predicted molar refractivity (Wildman–Crippen MR) is 108 cm³/mol. The molecule has 3 aromatic rings. The molecule has 7 nitrogen and oxygen atoms in total. The maximum Gasteiger partial charge on any atom is 0.276 e. The van der Waals surface area contributed by atoms with Crippen LogP contribution in [0.3, 0.4) is 0 Å². The van der Waals surface area contributed by atoms with Crippen molar-refractivity contribution in [3.8, 4) is 11.5 Å². The van der Waals surface area contributed by atoms with E-state index in [4.69, 9.17) is 9.47 Å². The van der Waals surface area contributed by atoms with Gasteiger partial charge in [-0.25, -0.2) is 4.68 Å². The van der Waals surface area contributed by atoms with Crippen LogP contribution in [0.5, 0.6) is 11.5 Å². The lowest BCUT2D eigenvalue weighted by molar-refractivity contribution is 0.0752. The molecule has 0 fully saturated rings. The summed E-state index contributed by atoms with van der Waals surface area (Å²) in [5.41, 5.74) is 2.67. The number of aromatic nitrogens is 3. The van der Waals surface area contributed by atoms with Crippen LogP contribution in [0.1, 0.15) is 28.5 Å². The molecule has 1 aliphatic rings. The van der Waals surface area contributed by atoms with Crippen molar-refractivity contribution in [2.75, 3.05) is 13.7 Å². The molecular weight excluding hydrogens is 368 g/mol. The number of ether oxygens (including phenoxy) is 2. The maximum absolute atomic E-state index is 12.7. The maximum atomic E-state index is 12.7. The van der Waals surface area contributed by atoms with Gasteiger partial charge in [-0.1, -0.05) is 48.5 Å². The van der Waals surface area contributed by atoms with Gasteiger partial charge in [0.15, 0.2) is 23.3 Å². The van der Waals surface area contributed by atoms with Gasteiger partial charge in [0.2, 0.25) is 0 Å². The molecule has 2 aromatic carbocycles. The van der Waals surface area contributed by atoms with Crippen LogP contribution < -0.4 is 9.47 Å². The Labute approximate surface area is 169 Å². The van der Waals surface area contributed by atoms with E-state index in [-0.39, 0.29) is 12.0 Å². The molecule has 29 heavy (non-hydrogen) atoms. The summed E-state index contributed by atoms with van der Waals surface area (Å²) in [6.45, 7) is 3.52. The zero-order valence-electron chi connectivity index (χ0n) is 16.6. The topological polar surface area (TPSA) is 69.5 Å². The minimum atomic E-state index is -0.190. The zero-order valence-corrected chi connectivity index (χ0v) is 16.6. The van der Waals surface area contributed by atoms with Gasteiger partial charge in [-0.2, -0.15) is 0 Å². The first kappa shape index (κ1) is 19.0. The second-order valence-corrected chi connectivity index (χ2v) is 7.15. The van der Waals surface area contributed by atoms with Gasteiger partial charge in [0.25, 0.3) is 5.91 Å². The molecule has 0 spiro atoms. The van der Waals surface area contributed by atoms with Crippen molar-refractivity contribution in [1.82, 2.24) is 19.9 Å². The summed E-state index contributed by atoms with van der Waals surface area (Å²) < 4.78 is 13.3. The Bertz CT molecular complexity index is 984. The smallest absolute Gasteiger partial charge is 0.276 e. The Morgan fingerprint density at radius 2 is 1.86 bits per heavy atom. The van der Waals surface area contributed by atoms with Crippen molar-refractivity contribution in [1.29, 1.82) is 0 Å². The first-order chi connectivity index (χ1) is 14.1. The Morgan fingerprint density at radius 1 is 1.14 bits per heavy atom. The minimum Gasteiger partial charge on any atom is -0.486 e. The largest absolute Gasteiger partial charge is 0.486 e. The van der Waals surface area contributed by atoms with Gasteiger partial charge in [0.05, 0.1) is 12.7 Å². The summed E-state index contributed by atoms with van der Waals surface area (Å²) in [7, 11) is 1.77. The van der Waals surface area contributed by atoms with Crippen molar-refractivity contribution in [3.05, 3.63) is 71.5 Å². The highest BCUT2D eigenvalue weighted by atomic mass is 16.6. The fourth-order valence-electron chi connectivity index (χ4n) is 3.27. The average Bonchev–Trinajstić information content (AvgIpc) is 3.22. The van der Waals surface area contributed by atoms with E-state index in [2.05, 4.69) is 41.5 Å². The highest BCUT2D eigenvalue weighted by Gasteiger charge is 2.23. The highest BCUT2D eigenvalue weighted by Crippen LogP contribution is 2.31. The zero-order chi connectivity index (χ0) is 20.2. The third kappa shape index (κ3) is 4.39. The van der Waals surface area contributed by atoms with Gasteiger partial charge >= 0.3 is 0 Å². The second-order valence-electron chi connectivity index (χ2n) is 7.15. The molecule has 150 valence electrons. The van der Waals surface area contributed by atoms with Crippen molar-refractivity contribution in [2.24, 2.45) is 0 Å². The van der Waals surface area contributed by atoms with E-state index < -0.39 is 0 Å². The number of hydrogen-bond donors (Lipinski definition) is 0. The lowest BCUT2D eigenvalue weighted by Crippen LogP contribution is -2.33. The first-order valence-electron chi connectivity index (χ1n) is 9.74. The molecular formula is C22H24N4O3. The third-order valence-corrected chi connectivity index (χ3v) is 4.91. The molecule has 1 aromatic heterocycles. The number of amides is 1. The SMILES string of the molecule is CCc1ccc(CN(C)C(=O)c2cn(C[C@H]3COc4ccccc4O3)nn2)cc1. The number of hydrogen-bond acceptors (Lipinski definition) is 5. The molecule has 7 heteroatoms. The highest BCUT2D eigenvalue weighted by molar-refractivity contribution is 5.91. The van der Waals surface area contributed by atoms with E-state index in [0.717, 1.165) is 17.7 Å². The van der Waals surface area contributed by atoms with E-state index in [1.807, 2.05) is 24.3 Å². The summed E-state index contributed by atoms with van der Waals surface area (Å²) >= 11 is 0. The van der Waals surface area contributed by atoms with Gasteiger partial charge < -0.3 is 14.4 Å². The van der Waals surface area contributed by atoms with Crippen LogP contribution in [0.25, 0.3) is 0 Å². The number of benzene rings is 2. The van der Waals surface area contributed by atoms with Gasteiger partial charge in [0.1, 0.15) is 6.61 Å². The van der Waals surface area contributed by atoms with Crippen molar-refractivity contribution in [3.63, 3.8) is 0 Å². The molecule has 0 radical (unpaired) electrons. The number of carbonyl (C=O) groups is 1. The number of para-hydroxylation sites is 2. The van der Waals surface area contributed by atoms with Gasteiger partial charge in [0, 0.05) is 13.6 Å². The normalized spacial score (nSPS) is 15.2. The molecule has 4 rings (SSSR count). The Morgan fingerprint density at radius 3 is 2.62 bits per heavy atom. The fraction of sp³-hybridized carbons (Fsp3) is 0.318. The molecule has 0 saturated carbocycles. The van der Waals surface area contributed by atoms with Gasteiger partial charge in [-0.3, -0.25) is 4.79 Å². The number of aryl methyl sites for hydroxylation is 1. The number of carbonyl (C=O) groups excluding carboxylic acids is 1. The quantitative estimate of drug-likeness (QED) is 0.645. The molecule has 0 unspecified atom stereocenters. The number of fused-ring (bicyclic) bond motifs is 1. The number of nitrogens with zero attached hydrogens (tertiary/aromatic N) is 4. The summed E-state index contributed by atoms with van der Waals surface area (Å²) in [5.74, 6) is 1.29. The van der Waals surface area contributed by atoms with Crippen LogP contribution in [0.15, 0.2) is 54.7 Å². The van der Waals surface area contributed by atoms with Crippen LogP contribution in [-0.4, -0.2) is 45.6 Å². The number of rotatable bonds is 6. The molecule has 1 atom stereocenters. The average molecular weight is 392 g/mol. The van der Waals surface area contributed by atoms with Crippen LogP contribution in [-0.2, 0) is 19.5 Å². The lowest BCUT2D eigenvalue weighted by Gasteiger charge is -2.26. The van der Waals surface area contributed by atoms with Crippen LogP contribution in [0, 0.1) is 0 Å². The fourth-order valence-corrected chi connectivity index (χ4v) is 3.27. The van der Waals surface area contributed by atoms with Crippen LogP contribution in [0.2, 0.25) is 0 Å². The summed E-state index contributed by atoms with van der Waals surface area (Å²) in [6, 6.07) is 15.9. The summed E-state index contributed by atoms with van der Waals surface area (Å²) in [4.78, 5) is 14.3.